The summed E-state index contributed by atoms with van der Waals surface area (Å²) in [6.45, 7) is 3.16. The monoisotopic (exact) mass is 341 g/mol. The molecule has 3 aromatic rings. The molecule has 8 heteroatoms. The molecule has 0 radical (unpaired) electrons. The van der Waals surface area contributed by atoms with E-state index in [-0.39, 0.29) is 17.8 Å². The fraction of sp³-hybridized carbons (Fsp3) is 0.294. The van der Waals surface area contributed by atoms with Gasteiger partial charge in [-0.1, -0.05) is 0 Å². The first kappa shape index (κ1) is 15.6. The lowest BCUT2D eigenvalue weighted by Crippen LogP contribution is -2.42. The van der Waals surface area contributed by atoms with Crippen LogP contribution in [0.5, 0.6) is 0 Å². The molecule has 1 amide bonds. The Morgan fingerprint density at radius 3 is 2.92 bits per heavy atom. The number of hydrogen-bond acceptors (Lipinski definition) is 5. The van der Waals surface area contributed by atoms with Crippen molar-refractivity contribution in [3.05, 3.63) is 59.4 Å². The maximum absolute atomic E-state index is 13.1. The zero-order valence-corrected chi connectivity index (χ0v) is 13.6. The molecule has 0 aliphatic carbocycles. The van der Waals surface area contributed by atoms with Crippen molar-refractivity contribution < 1.29 is 13.9 Å². The van der Waals surface area contributed by atoms with Crippen LogP contribution in [0.3, 0.4) is 0 Å². The number of benzene rings is 1. The Bertz CT molecular complexity index is 924. The van der Waals surface area contributed by atoms with Gasteiger partial charge in [0.1, 0.15) is 18.2 Å². The lowest BCUT2D eigenvalue weighted by molar-refractivity contribution is -0.0257. The number of aryl methyl sites for hydroxylation is 1. The second kappa shape index (κ2) is 6.21. The molecule has 0 saturated carbocycles. The predicted octanol–water partition coefficient (Wildman–Crippen LogP) is 1.79. The van der Waals surface area contributed by atoms with Crippen molar-refractivity contribution in [1.82, 2.24) is 24.5 Å². The van der Waals surface area contributed by atoms with Gasteiger partial charge in [0.05, 0.1) is 18.8 Å². The first-order valence-electron chi connectivity index (χ1n) is 7.95. The normalized spacial score (nSPS) is 17.8. The molecule has 3 heterocycles. The van der Waals surface area contributed by atoms with Crippen molar-refractivity contribution in [3.63, 3.8) is 0 Å². The second-order valence-electron chi connectivity index (χ2n) is 5.91. The third-order valence-corrected chi connectivity index (χ3v) is 4.18. The SMILES string of the molecule is Cc1cc(C2CN(C(=O)c3ccc(F)cc3)CCO2)n2ncnc2n1. The minimum Gasteiger partial charge on any atom is -0.368 e. The van der Waals surface area contributed by atoms with Crippen molar-refractivity contribution in [2.45, 2.75) is 13.0 Å². The minimum absolute atomic E-state index is 0.145. The number of carbonyl (C=O) groups excluding carboxylic acids is 1. The smallest absolute Gasteiger partial charge is 0.254 e. The van der Waals surface area contributed by atoms with E-state index < -0.39 is 0 Å². The van der Waals surface area contributed by atoms with E-state index >= 15 is 0 Å². The van der Waals surface area contributed by atoms with Gasteiger partial charge in [-0.2, -0.15) is 14.6 Å². The molecule has 2 aromatic heterocycles. The molecule has 0 N–H and O–H groups in total. The highest BCUT2D eigenvalue weighted by atomic mass is 19.1. The number of amides is 1. The molecule has 7 nitrogen and oxygen atoms in total. The van der Waals surface area contributed by atoms with Gasteiger partial charge in [-0.3, -0.25) is 4.79 Å². The Kier molecular flexibility index (Phi) is 3.89. The summed E-state index contributed by atoms with van der Waals surface area (Å²) in [5, 5.41) is 4.19. The van der Waals surface area contributed by atoms with Crippen LogP contribution in [0, 0.1) is 12.7 Å². The fourth-order valence-corrected chi connectivity index (χ4v) is 2.98. The molecule has 4 rings (SSSR count). The summed E-state index contributed by atoms with van der Waals surface area (Å²) < 4.78 is 20.6. The molecule has 1 aromatic carbocycles. The van der Waals surface area contributed by atoms with Crippen molar-refractivity contribution >= 4 is 11.7 Å². The Morgan fingerprint density at radius 1 is 1.32 bits per heavy atom. The average molecular weight is 341 g/mol. The number of morpholine rings is 1. The predicted molar refractivity (Wildman–Crippen MR) is 86.5 cm³/mol. The van der Waals surface area contributed by atoms with E-state index in [0.717, 1.165) is 11.4 Å². The number of fused-ring (bicyclic) bond motifs is 1. The lowest BCUT2D eigenvalue weighted by Gasteiger charge is -2.33. The van der Waals surface area contributed by atoms with Gasteiger partial charge in [0.2, 0.25) is 0 Å². The third-order valence-electron chi connectivity index (χ3n) is 4.18. The number of aromatic nitrogens is 4. The Hall–Kier alpha value is -2.87. The Balaban J connectivity index is 1.61. The summed E-state index contributed by atoms with van der Waals surface area (Å²) >= 11 is 0. The van der Waals surface area contributed by atoms with Crippen LogP contribution in [-0.4, -0.2) is 50.1 Å². The molecule has 1 saturated heterocycles. The number of hydrogen-bond donors (Lipinski definition) is 0. The summed E-state index contributed by atoms with van der Waals surface area (Å²) in [5.41, 5.74) is 2.07. The van der Waals surface area contributed by atoms with E-state index in [1.54, 1.807) is 9.42 Å². The van der Waals surface area contributed by atoms with E-state index in [1.165, 1.54) is 30.6 Å². The van der Waals surface area contributed by atoms with Crippen LogP contribution in [0.15, 0.2) is 36.7 Å². The van der Waals surface area contributed by atoms with Crippen LogP contribution in [0.25, 0.3) is 5.78 Å². The van der Waals surface area contributed by atoms with E-state index in [0.29, 0.717) is 31.0 Å². The summed E-state index contributed by atoms with van der Waals surface area (Å²) in [4.78, 5) is 22.8. The highest BCUT2D eigenvalue weighted by Crippen LogP contribution is 2.24. The Morgan fingerprint density at radius 2 is 2.12 bits per heavy atom. The van der Waals surface area contributed by atoms with Gasteiger partial charge in [0.25, 0.3) is 11.7 Å². The molecule has 0 bridgehead atoms. The van der Waals surface area contributed by atoms with Gasteiger partial charge >= 0.3 is 0 Å². The minimum atomic E-state index is -0.364. The van der Waals surface area contributed by atoms with Gasteiger partial charge in [-0.25, -0.2) is 9.37 Å². The largest absolute Gasteiger partial charge is 0.368 e. The maximum Gasteiger partial charge on any atom is 0.254 e. The van der Waals surface area contributed by atoms with Crippen LogP contribution in [0.1, 0.15) is 27.8 Å². The van der Waals surface area contributed by atoms with Crippen LogP contribution >= 0.6 is 0 Å². The van der Waals surface area contributed by atoms with Crippen molar-refractivity contribution in [1.29, 1.82) is 0 Å². The van der Waals surface area contributed by atoms with Crippen LogP contribution in [0.2, 0.25) is 0 Å². The standard InChI is InChI=1S/C17H16FN5O2/c1-11-8-14(23-17(21-11)19-10-20-23)15-9-22(6-7-25-15)16(24)12-2-4-13(18)5-3-12/h2-5,8,10,15H,6-7,9H2,1H3. The van der Waals surface area contributed by atoms with Gasteiger partial charge in [-0.05, 0) is 37.3 Å². The molecule has 1 fully saturated rings. The number of rotatable bonds is 2. The van der Waals surface area contributed by atoms with Gasteiger partial charge < -0.3 is 9.64 Å². The molecule has 1 atom stereocenters. The quantitative estimate of drug-likeness (QED) is 0.710. The molecule has 25 heavy (non-hydrogen) atoms. The average Bonchev–Trinajstić information content (AvgIpc) is 3.09. The summed E-state index contributed by atoms with van der Waals surface area (Å²) in [7, 11) is 0. The number of nitrogens with zero attached hydrogens (tertiary/aromatic N) is 5. The van der Waals surface area contributed by atoms with E-state index in [1.807, 2.05) is 13.0 Å². The van der Waals surface area contributed by atoms with Crippen LogP contribution in [-0.2, 0) is 4.74 Å². The molecular weight excluding hydrogens is 325 g/mol. The number of carbonyl (C=O) groups is 1. The highest BCUT2D eigenvalue weighted by Gasteiger charge is 2.28. The maximum atomic E-state index is 13.1. The van der Waals surface area contributed by atoms with Gasteiger partial charge in [0, 0.05) is 17.8 Å². The summed E-state index contributed by atoms with van der Waals surface area (Å²) in [5.74, 6) is -0.00765. The van der Waals surface area contributed by atoms with Gasteiger partial charge in [0.15, 0.2) is 0 Å². The first-order chi connectivity index (χ1) is 12.1. The molecule has 0 spiro atoms. The lowest BCUT2D eigenvalue weighted by atomic mass is 10.1. The molecule has 128 valence electrons. The zero-order valence-electron chi connectivity index (χ0n) is 13.6. The summed E-state index contributed by atoms with van der Waals surface area (Å²) in [6.07, 6.45) is 1.11. The van der Waals surface area contributed by atoms with Crippen molar-refractivity contribution in [2.75, 3.05) is 19.7 Å². The molecular formula is C17H16FN5O2. The van der Waals surface area contributed by atoms with Crippen LogP contribution in [0.4, 0.5) is 4.39 Å². The van der Waals surface area contributed by atoms with Crippen molar-refractivity contribution in [3.8, 4) is 0 Å². The fourth-order valence-electron chi connectivity index (χ4n) is 2.98. The molecule has 1 aliphatic rings. The van der Waals surface area contributed by atoms with Crippen molar-refractivity contribution in [2.24, 2.45) is 0 Å². The van der Waals surface area contributed by atoms with E-state index in [4.69, 9.17) is 4.74 Å². The number of halogens is 1. The zero-order chi connectivity index (χ0) is 17.4. The molecule has 1 unspecified atom stereocenters. The molecule has 1 aliphatic heterocycles. The topological polar surface area (TPSA) is 72.6 Å². The Labute approximate surface area is 143 Å². The van der Waals surface area contributed by atoms with Crippen LogP contribution < -0.4 is 0 Å². The second-order valence-corrected chi connectivity index (χ2v) is 5.91. The van der Waals surface area contributed by atoms with Gasteiger partial charge in [-0.15, -0.1) is 0 Å². The van der Waals surface area contributed by atoms with E-state index in [2.05, 4.69) is 15.1 Å². The first-order valence-corrected chi connectivity index (χ1v) is 7.95. The highest BCUT2D eigenvalue weighted by molar-refractivity contribution is 5.94. The number of ether oxygens (including phenoxy) is 1. The van der Waals surface area contributed by atoms with E-state index in [9.17, 15) is 9.18 Å². The third kappa shape index (κ3) is 2.96. The summed E-state index contributed by atoms with van der Waals surface area (Å²) in [6, 6.07) is 7.45.